The molecule has 1 fully saturated rings. The minimum atomic E-state index is -0.238. The van der Waals surface area contributed by atoms with Gasteiger partial charge in [-0.1, -0.05) is 0 Å². The van der Waals surface area contributed by atoms with Crippen LogP contribution in [-0.4, -0.2) is 55.0 Å². The largest absolute Gasteiger partial charge is 0.450 e. The van der Waals surface area contributed by atoms with Crippen LogP contribution in [0, 0.1) is 0 Å². The van der Waals surface area contributed by atoms with Crippen molar-refractivity contribution in [1.82, 2.24) is 29.2 Å². The van der Waals surface area contributed by atoms with Crippen molar-refractivity contribution in [1.29, 1.82) is 0 Å². The Bertz CT molecular complexity index is 651. The van der Waals surface area contributed by atoms with Gasteiger partial charge >= 0.3 is 6.09 Å². The molecule has 0 N–H and O–H groups in total. The minimum absolute atomic E-state index is 0.196. The van der Waals surface area contributed by atoms with E-state index < -0.39 is 0 Å². The summed E-state index contributed by atoms with van der Waals surface area (Å²) >= 11 is 0. The Balaban J connectivity index is 1.71. The number of rotatable bonds is 4. The van der Waals surface area contributed by atoms with Gasteiger partial charge in [-0.3, -0.25) is 0 Å². The molecule has 8 nitrogen and oxygen atoms in total. The van der Waals surface area contributed by atoms with Gasteiger partial charge in [0.1, 0.15) is 5.82 Å². The first kappa shape index (κ1) is 15.5. The van der Waals surface area contributed by atoms with Gasteiger partial charge in [-0.25, -0.2) is 9.78 Å². The molecule has 0 bridgehead atoms. The third-order valence-electron chi connectivity index (χ3n) is 4.19. The highest BCUT2D eigenvalue weighted by atomic mass is 16.6. The number of carbonyl (C=O) groups excluding carboxylic acids is 1. The summed E-state index contributed by atoms with van der Waals surface area (Å²) in [6.07, 6.45) is 7.13. The van der Waals surface area contributed by atoms with Gasteiger partial charge in [-0.2, -0.15) is 0 Å². The molecule has 1 aliphatic heterocycles. The number of imidazole rings is 1. The second-order valence-corrected chi connectivity index (χ2v) is 5.75. The molecule has 0 aliphatic carbocycles. The van der Waals surface area contributed by atoms with Crippen molar-refractivity contribution in [2.75, 3.05) is 19.7 Å². The third-order valence-corrected chi connectivity index (χ3v) is 4.19. The van der Waals surface area contributed by atoms with Gasteiger partial charge in [0.2, 0.25) is 0 Å². The molecule has 0 radical (unpaired) electrons. The van der Waals surface area contributed by atoms with Crippen molar-refractivity contribution in [2.24, 2.45) is 7.05 Å². The van der Waals surface area contributed by atoms with Gasteiger partial charge in [0.25, 0.3) is 0 Å². The smallest absolute Gasteiger partial charge is 0.409 e. The Hall–Kier alpha value is -2.38. The maximum atomic E-state index is 11.9. The number of nitrogens with zero attached hydrogens (tertiary/aromatic N) is 6. The molecular formula is C15H22N6O2. The lowest BCUT2D eigenvalue weighted by atomic mass is 9.97. The van der Waals surface area contributed by atoms with Crippen molar-refractivity contribution >= 4 is 6.09 Å². The minimum Gasteiger partial charge on any atom is -0.450 e. The fraction of sp³-hybridized carbons (Fsp3) is 0.600. The molecule has 124 valence electrons. The first-order valence-electron chi connectivity index (χ1n) is 7.94. The zero-order chi connectivity index (χ0) is 16.2. The van der Waals surface area contributed by atoms with Crippen LogP contribution in [-0.2, 0) is 18.3 Å². The van der Waals surface area contributed by atoms with E-state index in [1.807, 2.05) is 29.3 Å². The molecule has 3 rings (SSSR count). The van der Waals surface area contributed by atoms with Crippen molar-refractivity contribution < 1.29 is 9.53 Å². The first-order chi connectivity index (χ1) is 11.2. The third kappa shape index (κ3) is 3.35. The SMILES string of the molecule is CCOC(=O)N1CCC[C@H](c2nnc(Cn3ccnc3)n2C)C1. The first-order valence-corrected chi connectivity index (χ1v) is 7.94. The van der Waals surface area contributed by atoms with Gasteiger partial charge in [-0.15, -0.1) is 10.2 Å². The molecule has 0 saturated carbocycles. The summed E-state index contributed by atoms with van der Waals surface area (Å²) in [4.78, 5) is 17.7. The maximum absolute atomic E-state index is 11.9. The number of hydrogen-bond donors (Lipinski definition) is 0. The van der Waals surface area contributed by atoms with Gasteiger partial charge in [0.15, 0.2) is 5.82 Å². The van der Waals surface area contributed by atoms with Crippen LogP contribution < -0.4 is 0 Å². The molecule has 1 amide bonds. The quantitative estimate of drug-likeness (QED) is 0.851. The summed E-state index contributed by atoms with van der Waals surface area (Å²) in [5, 5.41) is 8.66. The van der Waals surface area contributed by atoms with E-state index in [9.17, 15) is 4.79 Å². The van der Waals surface area contributed by atoms with Crippen LogP contribution in [0.3, 0.4) is 0 Å². The second-order valence-electron chi connectivity index (χ2n) is 5.75. The molecule has 0 spiro atoms. The summed E-state index contributed by atoms with van der Waals surface area (Å²) in [5.41, 5.74) is 0. The normalized spacial score (nSPS) is 18.2. The number of carbonyl (C=O) groups is 1. The van der Waals surface area contributed by atoms with Gasteiger partial charge < -0.3 is 18.8 Å². The summed E-state index contributed by atoms with van der Waals surface area (Å²) in [7, 11) is 1.98. The van der Waals surface area contributed by atoms with Crippen LogP contribution in [0.25, 0.3) is 0 Å². The molecule has 1 saturated heterocycles. The average Bonchev–Trinajstić information content (AvgIpc) is 3.19. The molecule has 1 atom stereocenters. The molecule has 2 aromatic rings. The topological polar surface area (TPSA) is 78.1 Å². The lowest BCUT2D eigenvalue weighted by molar-refractivity contribution is 0.0949. The number of amides is 1. The lowest BCUT2D eigenvalue weighted by Gasteiger charge is -2.31. The molecule has 2 aromatic heterocycles. The van der Waals surface area contributed by atoms with Gasteiger partial charge in [0, 0.05) is 38.4 Å². The van der Waals surface area contributed by atoms with Crippen LogP contribution in [0.1, 0.15) is 37.3 Å². The van der Waals surface area contributed by atoms with Crippen molar-refractivity contribution in [2.45, 2.75) is 32.2 Å². The number of piperidine rings is 1. The van der Waals surface area contributed by atoms with Crippen LogP contribution >= 0.6 is 0 Å². The van der Waals surface area contributed by atoms with E-state index >= 15 is 0 Å². The van der Waals surface area contributed by atoms with Gasteiger partial charge in [-0.05, 0) is 19.8 Å². The zero-order valence-electron chi connectivity index (χ0n) is 13.6. The molecule has 1 aliphatic rings. The van der Waals surface area contributed by atoms with E-state index in [1.54, 1.807) is 17.4 Å². The van der Waals surface area contributed by atoms with E-state index in [0.717, 1.165) is 31.0 Å². The van der Waals surface area contributed by atoms with Crippen molar-refractivity contribution in [3.63, 3.8) is 0 Å². The van der Waals surface area contributed by atoms with E-state index in [-0.39, 0.29) is 12.0 Å². The number of aromatic nitrogens is 5. The summed E-state index contributed by atoms with van der Waals surface area (Å²) < 4.78 is 9.09. The van der Waals surface area contributed by atoms with E-state index in [2.05, 4.69) is 15.2 Å². The van der Waals surface area contributed by atoms with Crippen LogP contribution in [0.4, 0.5) is 4.79 Å². The highest BCUT2D eigenvalue weighted by Gasteiger charge is 2.28. The average molecular weight is 318 g/mol. The van der Waals surface area contributed by atoms with Crippen LogP contribution in [0.5, 0.6) is 0 Å². The fourth-order valence-electron chi connectivity index (χ4n) is 2.98. The molecule has 8 heteroatoms. The summed E-state index contributed by atoms with van der Waals surface area (Å²) in [5.74, 6) is 2.00. The van der Waals surface area contributed by atoms with E-state index in [1.165, 1.54) is 0 Å². The summed E-state index contributed by atoms with van der Waals surface area (Å²) in [6, 6.07) is 0. The fourth-order valence-corrected chi connectivity index (χ4v) is 2.98. The second kappa shape index (κ2) is 6.80. The molecule has 23 heavy (non-hydrogen) atoms. The van der Waals surface area contributed by atoms with E-state index in [0.29, 0.717) is 19.7 Å². The Morgan fingerprint density at radius 1 is 1.43 bits per heavy atom. The zero-order valence-corrected chi connectivity index (χ0v) is 13.6. The lowest BCUT2D eigenvalue weighted by Crippen LogP contribution is -2.40. The Labute approximate surface area is 135 Å². The maximum Gasteiger partial charge on any atom is 0.409 e. The monoisotopic (exact) mass is 318 g/mol. The number of likely N-dealkylation sites (tertiary alicyclic amines) is 1. The molecule has 3 heterocycles. The van der Waals surface area contributed by atoms with E-state index in [4.69, 9.17) is 4.74 Å². The predicted octanol–water partition coefficient (Wildman–Crippen LogP) is 1.40. The highest BCUT2D eigenvalue weighted by Crippen LogP contribution is 2.26. The number of ether oxygens (including phenoxy) is 1. The molecule has 0 aromatic carbocycles. The summed E-state index contributed by atoms with van der Waals surface area (Å²) in [6.45, 7) is 4.24. The Kier molecular flexibility index (Phi) is 4.59. The van der Waals surface area contributed by atoms with Crippen molar-refractivity contribution in [3.8, 4) is 0 Å². The van der Waals surface area contributed by atoms with Crippen LogP contribution in [0.15, 0.2) is 18.7 Å². The van der Waals surface area contributed by atoms with Crippen molar-refractivity contribution in [3.05, 3.63) is 30.4 Å². The predicted molar refractivity (Wildman–Crippen MR) is 82.9 cm³/mol. The molecule has 0 unspecified atom stereocenters. The highest BCUT2D eigenvalue weighted by molar-refractivity contribution is 5.67. The Morgan fingerprint density at radius 3 is 3.04 bits per heavy atom. The van der Waals surface area contributed by atoms with Gasteiger partial charge in [0.05, 0.1) is 19.5 Å². The molecular weight excluding hydrogens is 296 g/mol. The standard InChI is InChI=1S/C15H22N6O2/c1-3-23-15(22)21-7-4-5-12(9-21)14-18-17-13(19(14)2)10-20-8-6-16-11-20/h6,8,11-12H,3-5,7,9-10H2,1-2H3/t12-/m0/s1. The van der Waals surface area contributed by atoms with Crippen LogP contribution in [0.2, 0.25) is 0 Å². The Morgan fingerprint density at radius 2 is 2.30 bits per heavy atom. The number of hydrogen-bond acceptors (Lipinski definition) is 5.